The molecule has 1 saturated heterocycles. The van der Waals surface area contributed by atoms with E-state index in [4.69, 9.17) is 4.74 Å². The van der Waals surface area contributed by atoms with Crippen molar-refractivity contribution in [3.8, 4) is 0 Å². The van der Waals surface area contributed by atoms with Crippen LogP contribution in [0.4, 0.5) is 11.5 Å². The molecule has 0 aromatic carbocycles. The normalized spacial score (nSPS) is 19.8. The SMILES string of the molecule is CCCNc1cc(NCC2CN(CC)CCO2)ccn1. The third-order valence-corrected chi connectivity index (χ3v) is 3.52. The van der Waals surface area contributed by atoms with Gasteiger partial charge in [-0.1, -0.05) is 13.8 Å². The van der Waals surface area contributed by atoms with Crippen molar-refractivity contribution in [2.45, 2.75) is 26.4 Å². The van der Waals surface area contributed by atoms with Gasteiger partial charge in [0.15, 0.2) is 0 Å². The second-order valence-electron chi connectivity index (χ2n) is 5.12. The minimum Gasteiger partial charge on any atom is -0.382 e. The molecule has 2 N–H and O–H groups in total. The zero-order chi connectivity index (χ0) is 14.2. The van der Waals surface area contributed by atoms with Gasteiger partial charge in [-0.3, -0.25) is 4.90 Å². The Morgan fingerprint density at radius 1 is 1.40 bits per heavy atom. The van der Waals surface area contributed by atoms with Crippen LogP contribution in [0.5, 0.6) is 0 Å². The van der Waals surface area contributed by atoms with Gasteiger partial charge in [-0.25, -0.2) is 4.98 Å². The van der Waals surface area contributed by atoms with Crippen molar-refractivity contribution in [1.82, 2.24) is 9.88 Å². The number of hydrogen-bond acceptors (Lipinski definition) is 5. The van der Waals surface area contributed by atoms with Gasteiger partial charge in [0.05, 0.1) is 12.7 Å². The number of anilines is 2. The van der Waals surface area contributed by atoms with E-state index >= 15 is 0 Å². The van der Waals surface area contributed by atoms with Crippen molar-refractivity contribution in [3.05, 3.63) is 18.3 Å². The molecule has 1 aromatic rings. The lowest BCUT2D eigenvalue weighted by Gasteiger charge is -2.32. The van der Waals surface area contributed by atoms with Crippen LogP contribution >= 0.6 is 0 Å². The second kappa shape index (κ2) is 8.07. The summed E-state index contributed by atoms with van der Waals surface area (Å²) in [5.74, 6) is 0.927. The van der Waals surface area contributed by atoms with Crippen LogP contribution in [-0.4, -0.2) is 55.3 Å². The molecular weight excluding hydrogens is 252 g/mol. The maximum atomic E-state index is 5.79. The van der Waals surface area contributed by atoms with Gasteiger partial charge < -0.3 is 15.4 Å². The van der Waals surface area contributed by atoms with Gasteiger partial charge >= 0.3 is 0 Å². The number of pyridine rings is 1. The number of hydrogen-bond donors (Lipinski definition) is 2. The van der Waals surface area contributed by atoms with Crippen LogP contribution in [0.3, 0.4) is 0 Å². The van der Waals surface area contributed by atoms with Crippen LogP contribution in [0.2, 0.25) is 0 Å². The first-order valence-electron chi connectivity index (χ1n) is 7.59. The van der Waals surface area contributed by atoms with Crippen molar-refractivity contribution in [2.75, 3.05) is 50.0 Å². The molecule has 0 bridgehead atoms. The van der Waals surface area contributed by atoms with Crippen LogP contribution in [0.1, 0.15) is 20.3 Å². The zero-order valence-corrected chi connectivity index (χ0v) is 12.6. The number of ether oxygens (including phenoxy) is 1. The molecule has 1 aliphatic rings. The molecule has 5 nitrogen and oxygen atoms in total. The predicted octanol–water partition coefficient (Wildman–Crippen LogP) is 2.04. The van der Waals surface area contributed by atoms with E-state index in [1.165, 1.54) is 0 Å². The Morgan fingerprint density at radius 3 is 3.10 bits per heavy atom. The third-order valence-electron chi connectivity index (χ3n) is 3.52. The van der Waals surface area contributed by atoms with Gasteiger partial charge in [0.25, 0.3) is 0 Å². The fraction of sp³-hybridized carbons (Fsp3) is 0.667. The number of rotatable bonds is 7. The highest BCUT2D eigenvalue weighted by Crippen LogP contribution is 2.13. The molecule has 1 fully saturated rings. The topological polar surface area (TPSA) is 49.4 Å². The summed E-state index contributed by atoms with van der Waals surface area (Å²) in [6.07, 6.45) is 3.20. The average molecular weight is 278 g/mol. The summed E-state index contributed by atoms with van der Waals surface area (Å²) in [6.45, 7) is 10.1. The monoisotopic (exact) mass is 278 g/mol. The standard InChI is InChI=1S/C15H26N4O/c1-3-6-16-15-10-13(5-7-17-15)18-11-14-12-19(4-2)8-9-20-14/h5,7,10,14H,3-4,6,8-9,11-12H2,1-2H3,(H2,16,17,18). The molecule has 112 valence electrons. The molecule has 5 heteroatoms. The molecule has 0 amide bonds. The number of likely N-dealkylation sites (N-methyl/N-ethyl adjacent to an activating group) is 1. The minimum atomic E-state index is 0.268. The van der Waals surface area contributed by atoms with Gasteiger partial charge in [0, 0.05) is 44.1 Å². The van der Waals surface area contributed by atoms with E-state index in [0.29, 0.717) is 0 Å². The molecule has 1 unspecified atom stereocenters. The van der Waals surface area contributed by atoms with Crippen molar-refractivity contribution >= 4 is 11.5 Å². The Bertz CT molecular complexity index is 399. The molecule has 1 aliphatic heterocycles. The summed E-state index contributed by atoms with van der Waals surface area (Å²) in [6, 6.07) is 4.05. The average Bonchev–Trinajstić information content (AvgIpc) is 2.51. The zero-order valence-electron chi connectivity index (χ0n) is 12.6. The smallest absolute Gasteiger partial charge is 0.127 e. The van der Waals surface area contributed by atoms with E-state index in [1.807, 2.05) is 12.3 Å². The van der Waals surface area contributed by atoms with Crippen LogP contribution in [0.15, 0.2) is 18.3 Å². The summed E-state index contributed by atoms with van der Waals surface area (Å²) in [5.41, 5.74) is 1.09. The quantitative estimate of drug-likeness (QED) is 0.799. The third kappa shape index (κ3) is 4.65. The Kier molecular flexibility index (Phi) is 6.08. The highest BCUT2D eigenvalue weighted by Gasteiger charge is 2.18. The number of nitrogens with zero attached hydrogens (tertiary/aromatic N) is 2. The summed E-state index contributed by atoms with van der Waals surface area (Å²) in [5, 5.41) is 6.74. The molecule has 2 heterocycles. The van der Waals surface area contributed by atoms with Crippen LogP contribution < -0.4 is 10.6 Å². The molecular formula is C15H26N4O. The second-order valence-corrected chi connectivity index (χ2v) is 5.12. The lowest BCUT2D eigenvalue weighted by Crippen LogP contribution is -2.45. The predicted molar refractivity (Wildman–Crippen MR) is 83.4 cm³/mol. The highest BCUT2D eigenvalue weighted by atomic mass is 16.5. The van der Waals surface area contributed by atoms with Crippen LogP contribution in [-0.2, 0) is 4.74 Å². The summed E-state index contributed by atoms with van der Waals surface area (Å²) < 4.78 is 5.79. The van der Waals surface area contributed by atoms with Gasteiger partial charge in [-0.15, -0.1) is 0 Å². The first kappa shape index (κ1) is 15.1. The lowest BCUT2D eigenvalue weighted by molar-refractivity contribution is -0.0191. The van der Waals surface area contributed by atoms with Crippen LogP contribution in [0.25, 0.3) is 0 Å². The first-order valence-corrected chi connectivity index (χ1v) is 7.59. The van der Waals surface area contributed by atoms with E-state index in [1.54, 1.807) is 0 Å². The Labute approximate surface area is 121 Å². The van der Waals surface area contributed by atoms with Gasteiger partial charge in [-0.05, 0) is 19.0 Å². The Hall–Kier alpha value is -1.33. The highest BCUT2D eigenvalue weighted by molar-refractivity contribution is 5.51. The fourth-order valence-electron chi connectivity index (χ4n) is 2.31. The summed E-state index contributed by atoms with van der Waals surface area (Å²) in [4.78, 5) is 6.73. The lowest BCUT2D eigenvalue weighted by atomic mass is 10.2. The number of morpholine rings is 1. The van der Waals surface area contributed by atoms with Crippen LogP contribution in [0, 0.1) is 0 Å². The van der Waals surface area contributed by atoms with Crippen molar-refractivity contribution < 1.29 is 4.74 Å². The van der Waals surface area contributed by atoms with E-state index in [-0.39, 0.29) is 6.10 Å². The maximum absolute atomic E-state index is 5.79. The molecule has 1 atom stereocenters. The Morgan fingerprint density at radius 2 is 2.30 bits per heavy atom. The molecule has 0 saturated carbocycles. The molecule has 0 aliphatic carbocycles. The summed E-state index contributed by atoms with van der Waals surface area (Å²) >= 11 is 0. The van der Waals surface area contributed by atoms with Gasteiger partial charge in [-0.2, -0.15) is 0 Å². The van der Waals surface area contributed by atoms with E-state index in [9.17, 15) is 0 Å². The van der Waals surface area contributed by atoms with E-state index < -0.39 is 0 Å². The van der Waals surface area contributed by atoms with E-state index in [2.05, 4.69) is 40.4 Å². The number of aromatic nitrogens is 1. The largest absolute Gasteiger partial charge is 0.382 e. The minimum absolute atomic E-state index is 0.268. The molecule has 1 aromatic heterocycles. The molecule has 2 rings (SSSR count). The number of nitrogens with one attached hydrogen (secondary N) is 2. The molecule has 0 radical (unpaired) electrons. The van der Waals surface area contributed by atoms with E-state index in [0.717, 1.165) is 57.3 Å². The van der Waals surface area contributed by atoms with Crippen molar-refractivity contribution in [3.63, 3.8) is 0 Å². The van der Waals surface area contributed by atoms with Crippen molar-refractivity contribution in [2.24, 2.45) is 0 Å². The van der Waals surface area contributed by atoms with Gasteiger partial charge in [0.2, 0.25) is 0 Å². The van der Waals surface area contributed by atoms with Crippen molar-refractivity contribution in [1.29, 1.82) is 0 Å². The molecule has 20 heavy (non-hydrogen) atoms. The fourth-order valence-corrected chi connectivity index (χ4v) is 2.31. The summed E-state index contributed by atoms with van der Waals surface area (Å²) in [7, 11) is 0. The molecule has 0 spiro atoms. The van der Waals surface area contributed by atoms with Gasteiger partial charge in [0.1, 0.15) is 5.82 Å². The first-order chi connectivity index (χ1) is 9.81. The maximum Gasteiger partial charge on any atom is 0.127 e. The Balaban J connectivity index is 1.81.